The number of nitrogens with zero attached hydrogens (tertiary/aromatic N) is 2. The normalized spacial score (nSPS) is 27.7. The molecule has 0 radical (unpaired) electrons. The van der Waals surface area contributed by atoms with E-state index in [-0.39, 0.29) is 41.4 Å². The largest absolute Gasteiger partial charge is 0.466 e. The van der Waals surface area contributed by atoms with Crippen LogP contribution in [0.25, 0.3) is 0 Å². The highest BCUT2D eigenvalue weighted by Gasteiger charge is 2.39. The molecule has 0 atom stereocenters. The lowest BCUT2D eigenvalue weighted by Crippen LogP contribution is -2.59. The second-order valence-electron chi connectivity index (χ2n) is 8.40. The van der Waals surface area contributed by atoms with Gasteiger partial charge in [-0.25, -0.2) is 0 Å². The van der Waals surface area contributed by atoms with Crippen molar-refractivity contribution >= 4 is 35.9 Å². The molecule has 2 saturated heterocycles. The highest BCUT2D eigenvalue weighted by molar-refractivity contribution is 14.0. The summed E-state index contributed by atoms with van der Waals surface area (Å²) in [7, 11) is 1.84. The number of rotatable bonds is 6. The van der Waals surface area contributed by atoms with Crippen LogP contribution in [0.15, 0.2) is 4.99 Å². The number of halogens is 1. The van der Waals surface area contributed by atoms with Crippen LogP contribution in [0, 0.1) is 5.92 Å². The Morgan fingerprint density at radius 2 is 1.83 bits per heavy atom. The van der Waals surface area contributed by atoms with E-state index in [1.165, 1.54) is 25.9 Å². The summed E-state index contributed by atoms with van der Waals surface area (Å²) in [6, 6.07) is 0.370. The SMILES string of the molecule is CCOC(=O)C1CCC(NC(=NC)NCC2(N3CCCC3)CCOCC2)CC1.I. The molecule has 0 spiro atoms. The Bertz CT molecular complexity index is 526. The fourth-order valence-corrected chi connectivity index (χ4v) is 4.92. The third-order valence-corrected chi connectivity index (χ3v) is 6.70. The maximum absolute atomic E-state index is 11.9. The molecule has 0 aromatic rings. The predicted molar refractivity (Wildman–Crippen MR) is 126 cm³/mol. The van der Waals surface area contributed by atoms with Gasteiger partial charge in [0.15, 0.2) is 5.96 Å². The van der Waals surface area contributed by atoms with Crippen LogP contribution in [0.5, 0.6) is 0 Å². The van der Waals surface area contributed by atoms with E-state index < -0.39 is 0 Å². The summed E-state index contributed by atoms with van der Waals surface area (Å²) in [6.07, 6.45) is 8.53. The Hall–Kier alpha value is -0.610. The number of guanidine groups is 1. The van der Waals surface area contributed by atoms with Crippen molar-refractivity contribution in [3.8, 4) is 0 Å². The number of carbonyl (C=O) groups is 1. The second-order valence-corrected chi connectivity index (χ2v) is 8.40. The third kappa shape index (κ3) is 6.69. The van der Waals surface area contributed by atoms with Gasteiger partial charge in [-0.1, -0.05) is 0 Å². The van der Waals surface area contributed by atoms with Crippen molar-refractivity contribution < 1.29 is 14.3 Å². The Balaban J connectivity index is 0.00000300. The van der Waals surface area contributed by atoms with Gasteiger partial charge in [0.1, 0.15) is 0 Å². The molecule has 0 unspecified atom stereocenters. The van der Waals surface area contributed by atoms with E-state index in [0.29, 0.717) is 12.6 Å². The number of ether oxygens (including phenoxy) is 2. The summed E-state index contributed by atoms with van der Waals surface area (Å²) in [4.78, 5) is 19.1. The lowest BCUT2D eigenvalue weighted by Gasteiger charge is -2.45. The first kappa shape index (κ1) is 24.7. The van der Waals surface area contributed by atoms with Crippen molar-refractivity contribution in [3.05, 3.63) is 0 Å². The summed E-state index contributed by atoms with van der Waals surface area (Å²) in [5.74, 6) is 0.911. The van der Waals surface area contributed by atoms with Crippen LogP contribution >= 0.6 is 24.0 Å². The van der Waals surface area contributed by atoms with Crippen molar-refractivity contribution in [2.45, 2.75) is 69.9 Å². The minimum atomic E-state index is -0.0319. The molecular weight excluding hydrogens is 483 g/mol. The summed E-state index contributed by atoms with van der Waals surface area (Å²) < 4.78 is 10.8. The number of nitrogens with one attached hydrogen (secondary N) is 2. The lowest BCUT2D eigenvalue weighted by atomic mass is 9.86. The number of carbonyl (C=O) groups excluding carboxylic acids is 1. The number of aliphatic imine (C=N–C) groups is 1. The van der Waals surface area contributed by atoms with Gasteiger partial charge in [-0.3, -0.25) is 14.7 Å². The minimum Gasteiger partial charge on any atom is -0.466 e. The third-order valence-electron chi connectivity index (χ3n) is 6.70. The highest BCUT2D eigenvalue weighted by Crippen LogP contribution is 2.31. The molecule has 3 fully saturated rings. The van der Waals surface area contributed by atoms with Crippen molar-refractivity contribution in [2.24, 2.45) is 10.9 Å². The minimum absolute atomic E-state index is 0. The first-order valence-corrected chi connectivity index (χ1v) is 11.1. The molecule has 8 heteroatoms. The van der Waals surface area contributed by atoms with Crippen molar-refractivity contribution in [1.29, 1.82) is 0 Å². The molecule has 2 heterocycles. The van der Waals surface area contributed by atoms with Gasteiger partial charge in [-0.05, 0) is 71.4 Å². The Labute approximate surface area is 192 Å². The zero-order chi connectivity index (χ0) is 19.8. The Morgan fingerprint density at radius 1 is 1.17 bits per heavy atom. The molecule has 3 aliphatic rings. The van der Waals surface area contributed by atoms with E-state index in [2.05, 4.69) is 20.5 Å². The molecule has 1 saturated carbocycles. The zero-order valence-corrected chi connectivity index (χ0v) is 20.4. The monoisotopic (exact) mass is 522 g/mol. The number of esters is 1. The average molecular weight is 522 g/mol. The zero-order valence-electron chi connectivity index (χ0n) is 18.1. The molecule has 0 aromatic carbocycles. The molecule has 2 aliphatic heterocycles. The molecule has 0 bridgehead atoms. The number of hydrogen-bond acceptors (Lipinski definition) is 5. The van der Waals surface area contributed by atoms with Gasteiger partial charge in [0.05, 0.1) is 12.5 Å². The summed E-state index contributed by atoms with van der Waals surface area (Å²) >= 11 is 0. The van der Waals surface area contributed by atoms with E-state index in [9.17, 15) is 4.79 Å². The topological polar surface area (TPSA) is 75.2 Å². The number of hydrogen-bond donors (Lipinski definition) is 2. The second kappa shape index (κ2) is 12.3. The smallest absolute Gasteiger partial charge is 0.308 e. The van der Waals surface area contributed by atoms with Gasteiger partial charge in [0, 0.05) is 38.4 Å². The van der Waals surface area contributed by atoms with Gasteiger partial charge in [0.25, 0.3) is 0 Å². The van der Waals surface area contributed by atoms with E-state index in [1.807, 2.05) is 14.0 Å². The molecule has 0 amide bonds. The Morgan fingerprint density at radius 3 is 2.41 bits per heavy atom. The number of likely N-dealkylation sites (tertiary alicyclic amines) is 1. The van der Waals surface area contributed by atoms with E-state index >= 15 is 0 Å². The maximum Gasteiger partial charge on any atom is 0.308 e. The maximum atomic E-state index is 11.9. The van der Waals surface area contributed by atoms with E-state index in [4.69, 9.17) is 9.47 Å². The van der Waals surface area contributed by atoms with Crippen molar-refractivity contribution in [1.82, 2.24) is 15.5 Å². The van der Waals surface area contributed by atoms with Crippen LogP contribution in [0.1, 0.15) is 58.3 Å². The highest BCUT2D eigenvalue weighted by atomic mass is 127. The van der Waals surface area contributed by atoms with Crippen LogP contribution < -0.4 is 10.6 Å². The van der Waals surface area contributed by atoms with Gasteiger partial charge in [-0.15, -0.1) is 24.0 Å². The molecule has 0 aromatic heterocycles. The van der Waals surface area contributed by atoms with Crippen LogP contribution in [0.4, 0.5) is 0 Å². The van der Waals surface area contributed by atoms with Crippen molar-refractivity contribution in [3.63, 3.8) is 0 Å². The quantitative estimate of drug-likeness (QED) is 0.242. The summed E-state index contributed by atoms with van der Waals surface area (Å²) in [6.45, 7) is 7.35. The van der Waals surface area contributed by atoms with Gasteiger partial charge in [0.2, 0.25) is 0 Å². The molecular formula is C21H39IN4O3. The van der Waals surface area contributed by atoms with E-state index in [1.54, 1.807) is 0 Å². The first-order chi connectivity index (χ1) is 13.7. The van der Waals surface area contributed by atoms with Gasteiger partial charge < -0.3 is 20.1 Å². The fourth-order valence-electron chi connectivity index (χ4n) is 4.92. The van der Waals surface area contributed by atoms with E-state index in [0.717, 1.165) is 64.2 Å². The molecule has 1 aliphatic carbocycles. The lowest BCUT2D eigenvalue weighted by molar-refractivity contribution is -0.149. The summed E-state index contributed by atoms with van der Waals surface area (Å²) in [5, 5.41) is 7.19. The first-order valence-electron chi connectivity index (χ1n) is 11.1. The average Bonchev–Trinajstić information content (AvgIpc) is 3.28. The Kier molecular flexibility index (Phi) is 10.5. The molecule has 168 valence electrons. The van der Waals surface area contributed by atoms with Crippen molar-refractivity contribution in [2.75, 3.05) is 46.5 Å². The van der Waals surface area contributed by atoms with Gasteiger partial charge in [-0.2, -0.15) is 0 Å². The van der Waals surface area contributed by atoms with Gasteiger partial charge >= 0.3 is 5.97 Å². The molecule has 29 heavy (non-hydrogen) atoms. The van der Waals surface area contributed by atoms with Crippen LogP contribution in [0.3, 0.4) is 0 Å². The molecule has 2 N–H and O–H groups in total. The van der Waals surface area contributed by atoms with Crippen LogP contribution in [0.2, 0.25) is 0 Å². The van der Waals surface area contributed by atoms with Crippen LogP contribution in [-0.4, -0.2) is 74.9 Å². The predicted octanol–water partition coefficient (Wildman–Crippen LogP) is 2.54. The molecule has 3 rings (SSSR count). The summed E-state index contributed by atoms with van der Waals surface area (Å²) in [5.41, 5.74) is 0.188. The van der Waals surface area contributed by atoms with Crippen LogP contribution in [-0.2, 0) is 14.3 Å². The molecule has 7 nitrogen and oxygen atoms in total. The fraction of sp³-hybridized carbons (Fsp3) is 0.905. The standard InChI is InChI=1S/C21H38N4O3.HI/c1-3-28-19(26)17-6-8-18(9-7-17)24-20(22-2)23-16-21(10-14-27-15-11-21)25-12-4-5-13-25;/h17-18H,3-16H2,1-2H3,(H2,22,23,24);1H.